The zero-order valence-electron chi connectivity index (χ0n) is 19.0. The monoisotopic (exact) mass is 509 g/mol. The molecule has 3 aromatic rings. The van der Waals surface area contributed by atoms with Crippen molar-refractivity contribution in [1.82, 2.24) is 14.3 Å². The number of nitrogens with zero attached hydrogens (tertiary/aromatic N) is 3. The van der Waals surface area contributed by atoms with Gasteiger partial charge in [-0.3, -0.25) is 23.7 Å². The molecule has 1 N–H and O–H groups in total. The Morgan fingerprint density at radius 2 is 2.00 bits per heavy atom. The molecule has 1 aromatic carbocycles. The van der Waals surface area contributed by atoms with Crippen molar-refractivity contribution in [3.63, 3.8) is 0 Å². The lowest BCUT2D eigenvalue weighted by Gasteiger charge is -2.14. The highest BCUT2D eigenvalue weighted by Gasteiger charge is 2.32. The lowest BCUT2D eigenvalue weighted by molar-refractivity contribution is -0.137. The maximum Gasteiger partial charge on any atom is 0.303 e. The van der Waals surface area contributed by atoms with Crippen LogP contribution in [0.3, 0.4) is 0 Å². The van der Waals surface area contributed by atoms with E-state index in [-0.39, 0.29) is 29.3 Å². The zero-order chi connectivity index (χ0) is 24.9. The number of hydrogen-bond acceptors (Lipinski definition) is 7. The molecule has 2 aromatic heterocycles. The number of benzene rings is 1. The van der Waals surface area contributed by atoms with Crippen LogP contribution in [0.1, 0.15) is 36.8 Å². The number of fused-ring (bicyclic) bond motifs is 1. The smallest absolute Gasteiger partial charge is 0.303 e. The number of aromatic nitrogens is 2. The fourth-order valence-electron chi connectivity index (χ4n) is 3.62. The Balaban J connectivity index is 1.64. The topological polar surface area (TPSA) is 101 Å². The van der Waals surface area contributed by atoms with Crippen LogP contribution in [0.25, 0.3) is 11.7 Å². The molecule has 0 spiro atoms. The van der Waals surface area contributed by atoms with Gasteiger partial charge in [-0.05, 0) is 55.7 Å². The molecule has 0 saturated carbocycles. The highest BCUT2D eigenvalue weighted by molar-refractivity contribution is 8.26. The van der Waals surface area contributed by atoms with Gasteiger partial charge in [-0.15, -0.1) is 0 Å². The van der Waals surface area contributed by atoms with Crippen molar-refractivity contribution in [3.8, 4) is 11.6 Å². The van der Waals surface area contributed by atoms with Crippen molar-refractivity contribution in [3.05, 3.63) is 75.0 Å². The van der Waals surface area contributed by atoms with Crippen molar-refractivity contribution in [2.24, 2.45) is 0 Å². The summed E-state index contributed by atoms with van der Waals surface area (Å²) in [5.41, 5.74) is 1.20. The Morgan fingerprint density at radius 3 is 2.77 bits per heavy atom. The summed E-state index contributed by atoms with van der Waals surface area (Å²) in [5.74, 6) is -0.499. The van der Waals surface area contributed by atoms with E-state index in [4.69, 9.17) is 22.1 Å². The van der Waals surface area contributed by atoms with Crippen LogP contribution >= 0.6 is 24.0 Å². The molecule has 1 aliphatic heterocycles. The van der Waals surface area contributed by atoms with Crippen LogP contribution in [0.5, 0.6) is 11.6 Å². The Morgan fingerprint density at radius 1 is 1.17 bits per heavy atom. The Bertz CT molecular complexity index is 1400. The molecular weight excluding hydrogens is 486 g/mol. The maximum atomic E-state index is 13.3. The minimum Gasteiger partial charge on any atom is -0.481 e. The van der Waals surface area contributed by atoms with Gasteiger partial charge in [-0.2, -0.15) is 4.98 Å². The number of pyridine rings is 1. The quantitative estimate of drug-likeness (QED) is 0.253. The number of carbonyl (C=O) groups is 2. The molecule has 0 atom stereocenters. The van der Waals surface area contributed by atoms with Crippen molar-refractivity contribution in [1.29, 1.82) is 0 Å². The number of thiocarbonyl (C=S) groups is 1. The number of aliphatic carboxylic acids is 1. The molecule has 0 aliphatic carbocycles. The number of hydrogen-bond donors (Lipinski definition) is 1. The van der Waals surface area contributed by atoms with E-state index in [1.165, 1.54) is 15.4 Å². The molecule has 0 radical (unpaired) electrons. The standard InChI is InChI=1S/C25H23N3O5S2/c1-16-8-7-9-17(14-16)33-22-18(23(31)27-12-6-4-10-20(27)26-22)15-19-24(32)28(25(34)35-19)13-5-2-3-11-21(29)30/h4,6-10,12,14-15H,2-3,5,11,13H2,1H3,(H,29,30)/b19-15+. The molecule has 1 fully saturated rings. The number of unbranched alkanes of at least 4 members (excludes halogenated alkanes) is 2. The van der Waals surface area contributed by atoms with Gasteiger partial charge >= 0.3 is 5.97 Å². The van der Waals surface area contributed by atoms with Gasteiger partial charge in [0.25, 0.3) is 11.5 Å². The normalized spacial score (nSPS) is 14.8. The number of carboxylic acid groups (broad SMARTS) is 1. The number of ether oxygens (including phenoxy) is 1. The van der Waals surface area contributed by atoms with Crippen LogP contribution in [0, 0.1) is 6.92 Å². The number of amides is 1. The second-order valence-corrected chi connectivity index (χ2v) is 9.70. The zero-order valence-corrected chi connectivity index (χ0v) is 20.6. The van der Waals surface area contributed by atoms with Crippen molar-refractivity contribution in [2.45, 2.75) is 32.6 Å². The van der Waals surface area contributed by atoms with Crippen LogP contribution in [-0.2, 0) is 9.59 Å². The molecule has 35 heavy (non-hydrogen) atoms. The third kappa shape index (κ3) is 5.77. The second-order valence-electron chi connectivity index (χ2n) is 8.02. The molecule has 10 heteroatoms. The first-order valence-corrected chi connectivity index (χ1v) is 12.3. The van der Waals surface area contributed by atoms with E-state index in [0.717, 1.165) is 17.3 Å². The van der Waals surface area contributed by atoms with Gasteiger partial charge in [-0.25, -0.2) is 0 Å². The Hall–Kier alpha value is -3.50. The summed E-state index contributed by atoms with van der Waals surface area (Å²) in [6, 6.07) is 12.6. The van der Waals surface area contributed by atoms with Gasteiger partial charge < -0.3 is 9.84 Å². The Labute approximate surface area is 211 Å². The fraction of sp³-hybridized carbons (Fsp3) is 0.240. The van der Waals surface area contributed by atoms with E-state index in [9.17, 15) is 14.4 Å². The van der Waals surface area contributed by atoms with Crippen molar-refractivity contribution in [2.75, 3.05) is 6.54 Å². The second kappa shape index (κ2) is 10.8. The van der Waals surface area contributed by atoms with Gasteiger partial charge in [0.05, 0.1) is 4.91 Å². The summed E-state index contributed by atoms with van der Waals surface area (Å²) < 4.78 is 7.80. The highest BCUT2D eigenvalue weighted by atomic mass is 32.2. The van der Waals surface area contributed by atoms with Crippen molar-refractivity contribution < 1.29 is 19.4 Å². The van der Waals surface area contributed by atoms with Crippen molar-refractivity contribution >= 4 is 51.9 Å². The molecule has 8 nitrogen and oxygen atoms in total. The van der Waals surface area contributed by atoms with Gasteiger partial charge in [0.15, 0.2) is 0 Å². The first-order chi connectivity index (χ1) is 16.8. The predicted molar refractivity (Wildman–Crippen MR) is 139 cm³/mol. The largest absolute Gasteiger partial charge is 0.481 e. The number of rotatable bonds is 9. The van der Waals surface area contributed by atoms with Gasteiger partial charge in [0.2, 0.25) is 5.88 Å². The summed E-state index contributed by atoms with van der Waals surface area (Å²) in [6.07, 6.45) is 5.05. The van der Waals surface area contributed by atoms with Crippen LogP contribution in [0.4, 0.5) is 0 Å². The van der Waals surface area contributed by atoms with E-state index in [1.54, 1.807) is 30.5 Å². The molecule has 180 valence electrons. The maximum absolute atomic E-state index is 13.3. The number of carbonyl (C=O) groups excluding carboxylic acids is 1. The first-order valence-electron chi connectivity index (χ1n) is 11.1. The molecule has 1 amide bonds. The van der Waals surface area contributed by atoms with E-state index in [1.807, 2.05) is 25.1 Å². The molecule has 4 rings (SSSR count). The number of carboxylic acids is 1. The predicted octanol–water partition coefficient (Wildman–Crippen LogP) is 4.64. The minimum absolute atomic E-state index is 0.0981. The summed E-state index contributed by atoms with van der Waals surface area (Å²) in [5, 5.41) is 8.76. The molecule has 1 saturated heterocycles. The summed E-state index contributed by atoms with van der Waals surface area (Å²) in [4.78, 5) is 43.4. The Kier molecular flexibility index (Phi) is 7.62. The summed E-state index contributed by atoms with van der Waals surface area (Å²) >= 11 is 6.52. The number of thioether (sulfide) groups is 1. The molecule has 3 heterocycles. The van der Waals surface area contributed by atoms with Crippen LogP contribution in [0.2, 0.25) is 0 Å². The fourth-order valence-corrected chi connectivity index (χ4v) is 4.91. The van der Waals surface area contributed by atoms with Crippen LogP contribution in [-0.4, -0.2) is 42.1 Å². The summed E-state index contributed by atoms with van der Waals surface area (Å²) in [6.45, 7) is 2.33. The lowest BCUT2D eigenvalue weighted by atomic mass is 10.2. The average molecular weight is 510 g/mol. The van der Waals surface area contributed by atoms with Gasteiger partial charge in [-0.1, -0.05) is 48.6 Å². The SMILES string of the molecule is Cc1cccc(Oc2nc3ccccn3c(=O)c2/C=C2/SC(=S)N(CCCCCC(=O)O)C2=O)c1. The summed E-state index contributed by atoms with van der Waals surface area (Å²) in [7, 11) is 0. The van der Waals surface area contributed by atoms with E-state index in [0.29, 0.717) is 46.4 Å². The number of aryl methyl sites for hydroxylation is 1. The highest BCUT2D eigenvalue weighted by Crippen LogP contribution is 2.34. The van der Waals surface area contributed by atoms with Crippen LogP contribution < -0.4 is 10.3 Å². The molecular formula is C25H23N3O5S2. The van der Waals surface area contributed by atoms with E-state index < -0.39 is 5.97 Å². The third-order valence-corrected chi connectivity index (χ3v) is 6.74. The van der Waals surface area contributed by atoms with E-state index >= 15 is 0 Å². The third-order valence-electron chi connectivity index (χ3n) is 5.36. The first kappa shape index (κ1) is 24.6. The molecule has 0 bridgehead atoms. The van der Waals surface area contributed by atoms with Gasteiger partial charge in [0.1, 0.15) is 21.3 Å². The molecule has 0 unspecified atom stereocenters. The molecule has 1 aliphatic rings. The lowest BCUT2D eigenvalue weighted by Crippen LogP contribution is -2.29. The van der Waals surface area contributed by atoms with Gasteiger partial charge in [0, 0.05) is 19.2 Å². The minimum atomic E-state index is -0.836. The average Bonchev–Trinajstić information content (AvgIpc) is 3.08. The van der Waals surface area contributed by atoms with Crippen LogP contribution in [0.15, 0.2) is 58.4 Å². The van der Waals surface area contributed by atoms with E-state index in [2.05, 4.69) is 4.98 Å².